The lowest BCUT2D eigenvalue weighted by Gasteiger charge is -2.07. The summed E-state index contributed by atoms with van der Waals surface area (Å²) >= 11 is 7.00. The van der Waals surface area contributed by atoms with Crippen LogP contribution in [0.5, 0.6) is 0 Å². The molecule has 0 unspecified atom stereocenters. The maximum absolute atomic E-state index is 4.47. The van der Waals surface area contributed by atoms with Gasteiger partial charge in [-0.3, -0.25) is 4.68 Å². The Kier molecular flexibility index (Phi) is 3.99. The SMILES string of the molecule is Cc1nn(C)c2ncc(NCc3ccc(Br)c(Br)c3)cc12. The third kappa shape index (κ3) is 2.96. The van der Waals surface area contributed by atoms with Crippen molar-refractivity contribution in [2.45, 2.75) is 13.5 Å². The van der Waals surface area contributed by atoms with Crippen molar-refractivity contribution < 1.29 is 0 Å². The number of hydrogen-bond donors (Lipinski definition) is 1. The summed E-state index contributed by atoms with van der Waals surface area (Å²) in [6, 6.07) is 8.31. The van der Waals surface area contributed by atoms with Crippen molar-refractivity contribution in [2.75, 3.05) is 5.32 Å². The smallest absolute Gasteiger partial charge is 0.157 e. The fourth-order valence-electron chi connectivity index (χ4n) is 2.26. The molecule has 21 heavy (non-hydrogen) atoms. The Morgan fingerprint density at radius 2 is 2.00 bits per heavy atom. The number of aromatic nitrogens is 3. The van der Waals surface area contributed by atoms with Gasteiger partial charge < -0.3 is 5.32 Å². The first kappa shape index (κ1) is 14.5. The molecule has 0 amide bonds. The summed E-state index contributed by atoms with van der Waals surface area (Å²) in [6.07, 6.45) is 1.84. The van der Waals surface area contributed by atoms with Crippen molar-refractivity contribution in [1.82, 2.24) is 14.8 Å². The van der Waals surface area contributed by atoms with Crippen molar-refractivity contribution in [1.29, 1.82) is 0 Å². The van der Waals surface area contributed by atoms with Gasteiger partial charge in [0.15, 0.2) is 5.65 Å². The second-order valence-corrected chi connectivity index (χ2v) is 6.61. The largest absolute Gasteiger partial charge is 0.380 e. The van der Waals surface area contributed by atoms with Crippen LogP contribution in [0, 0.1) is 6.92 Å². The average molecular weight is 410 g/mol. The van der Waals surface area contributed by atoms with Crippen LogP contribution in [-0.4, -0.2) is 14.8 Å². The zero-order valence-electron chi connectivity index (χ0n) is 11.7. The van der Waals surface area contributed by atoms with Gasteiger partial charge in [0.2, 0.25) is 0 Å². The van der Waals surface area contributed by atoms with Gasteiger partial charge in [-0.15, -0.1) is 0 Å². The fraction of sp³-hybridized carbons (Fsp3) is 0.200. The minimum atomic E-state index is 0.748. The number of halogens is 2. The molecule has 0 aliphatic heterocycles. The Morgan fingerprint density at radius 3 is 2.76 bits per heavy atom. The first-order chi connectivity index (χ1) is 10.0. The summed E-state index contributed by atoms with van der Waals surface area (Å²) in [5.41, 5.74) is 4.10. The average Bonchev–Trinajstić information content (AvgIpc) is 2.75. The predicted molar refractivity (Wildman–Crippen MR) is 92.4 cm³/mol. The monoisotopic (exact) mass is 408 g/mol. The van der Waals surface area contributed by atoms with Crippen molar-refractivity contribution in [3.05, 3.63) is 50.7 Å². The van der Waals surface area contributed by atoms with Crippen LogP contribution in [0.25, 0.3) is 11.0 Å². The van der Waals surface area contributed by atoms with E-state index in [1.54, 1.807) is 4.68 Å². The Bertz CT molecular complexity index is 811. The number of anilines is 1. The molecule has 6 heteroatoms. The van der Waals surface area contributed by atoms with E-state index in [1.807, 2.05) is 26.2 Å². The maximum atomic E-state index is 4.47. The van der Waals surface area contributed by atoms with E-state index in [-0.39, 0.29) is 0 Å². The van der Waals surface area contributed by atoms with Gasteiger partial charge in [-0.25, -0.2) is 4.98 Å². The standard InChI is InChI=1S/C15H14Br2N4/c1-9-12-6-11(8-19-15(12)21(2)20-9)18-7-10-3-4-13(16)14(17)5-10/h3-6,8,18H,7H2,1-2H3. The highest BCUT2D eigenvalue weighted by atomic mass is 79.9. The second kappa shape index (κ2) is 5.77. The van der Waals surface area contributed by atoms with Gasteiger partial charge in [0.1, 0.15) is 0 Å². The van der Waals surface area contributed by atoms with E-state index in [0.717, 1.165) is 37.9 Å². The molecule has 0 aliphatic carbocycles. The zero-order valence-corrected chi connectivity index (χ0v) is 14.9. The van der Waals surface area contributed by atoms with Crippen LogP contribution < -0.4 is 5.32 Å². The molecule has 0 aliphatic rings. The zero-order chi connectivity index (χ0) is 15.0. The van der Waals surface area contributed by atoms with Gasteiger partial charge in [-0.2, -0.15) is 5.10 Å². The lowest BCUT2D eigenvalue weighted by atomic mass is 10.2. The molecule has 0 spiro atoms. The third-order valence-corrected chi connectivity index (χ3v) is 5.22. The highest BCUT2D eigenvalue weighted by Gasteiger charge is 2.07. The maximum Gasteiger partial charge on any atom is 0.157 e. The van der Waals surface area contributed by atoms with Crippen molar-refractivity contribution in [2.24, 2.45) is 7.05 Å². The van der Waals surface area contributed by atoms with Gasteiger partial charge in [0.25, 0.3) is 0 Å². The van der Waals surface area contributed by atoms with E-state index in [1.165, 1.54) is 5.56 Å². The highest BCUT2D eigenvalue weighted by molar-refractivity contribution is 9.13. The quantitative estimate of drug-likeness (QED) is 0.696. The molecule has 108 valence electrons. The summed E-state index contributed by atoms with van der Waals surface area (Å²) in [4.78, 5) is 4.47. The first-order valence-electron chi connectivity index (χ1n) is 6.52. The molecule has 4 nitrogen and oxygen atoms in total. The summed E-state index contributed by atoms with van der Waals surface area (Å²) in [7, 11) is 1.91. The number of rotatable bonds is 3. The van der Waals surface area contributed by atoms with Gasteiger partial charge in [-0.05, 0) is 62.5 Å². The molecule has 0 saturated heterocycles. The number of fused-ring (bicyclic) bond motifs is 1. The number of pyridine rings is 1. The van der Waals surface area contributed by atoms with Crippen molar-refractivity contribution in [3.63, 3.8) is 0 Å². The van der Waals surface area contributed by atoms with Crippen LogP contribution in [-0.2, 0) is 13.6 Å². The summed E-state index contributed by atoms with van der Waals surface area (Å²) < 4.78 is 3.92. The molecule has 3 rings (SSSR count). The summed E-state index contributed by atoms with van der Waals surface area (Å²) in [5.74, 6) is 0. The summed E-state index contributed by atoms with van der Waals surface area (Å²) in [5, 5.41) is 8.87. The van der Waals surface area contributed by atoms with E-state index in [2.05, 4.69) is 65.5 Å². The van der Waals surface area contributed by atoms with Crippen LogP contribution in [0.1, 0.15) is 11.3 Å². The van der Waals surface area contributed by atoms with Crippen LogP contribution in [0.3, 0.4) is 0 Å². The fourth-order valence-corrected chi connectivity index (χ4v) is 2.93. The first-order valence-corrected chi connectivity index (χ1v) is 8.10. The van der Waals surface area contributed by atoms with Gasteiger partial charge in [-0.1, -0.05) is 6.07 Å². The molecule has 1 N–H and O–H groups in total. The van der Waals surface area contributed by atoms with Crippen molar-refractivity contribution >= 4 is 48.6 Å². The van der Waals surface area contributed by atoms with Gasteiger partial charge in [0.05, 0.1) is 17.6 Å². The van der Waals surface area contributed by atoms with Gasteiger partial charge in [0, 0.05) is 27.9 Å². The van der Waals surface area contributed by atoms with E-state index in [4.69, 9.17) is 0 Å². The number of nitrogens with one attached hydrogen (secondary N) is 1. The number of benzene rings is 1. The Balaban J connectivity index is 1.81. The van der Waals surface area contributed by atoms with Crippen LogP contribution >= 0.6 is 31.9 Å². The lowest BCUT2D eigenvalue weighted by Crippen LogP contribution is -2.00. The molecule has 0 saturated carbocycles. The second-order valence-electron chi connectivity index (χ2n) is 4.91. The topological polar surface area (TPSA) is 42.7 Å². The number of aryl methyl sites for hydroxylation is 2. The molecule has 2 heterocycles. The minimum absolute atomic E-state index is 0.748. The Labute approximate surface area is 139 Å². The molecule has 1 aromatic carbocycles. The van der Waals surface area contributed by atoms with Crippen molar-refractivity contribution in [3.8, 4) is 0 Å². The van der Waals surface area contributed by atoms with Crippen LogP contribution in [0.2, 0.25) is 0 Å². The molecule has 0 bridgehead atoms. The molecule has 0 radical (unpaired) electrons. The molecular weight excluding hydrogens is 396 g/mol. The van der Waals surface area contributed by atoms with E-state index < -0.39 is 0 Å². The Morgan fingerprint density at radius 1 is 1.19 bits per heavy atom. The summed E-state index contributed by atoms with van der Waals surface area (Å²) in [6.45, 7) is 2.75. The minimum Gasteiger partial charge on any atom is -0.380 e. The normalized spacial score (nSPS) is 11.0. The molecule has 0 atom stereocenters. The van der Waals surface area contributed by atoms with E-state index in [9.17, 15) is 0 Å². The predicted octanol–water partition coefficient (Wildman–Crippen LogP) is 4.41. The molecule has 2 aromatic heterocycles. The number of nitrogens with zero attached hydrogens (tertiary/aromatic N) is 3. The molecular formula is C15H14Br2N4. The molecule has 3 aromatic rings. The van der Waals surface area contributed by atoms with Crippen LogP contribution in [0.15, 0.2) is 39.4 Å². The highest BCUT2D eigenvalue weighted by Crippen LogP contribution is 2.24. The van der Waals surface area contributed by atoms with Gasteiger partial charge >= 0.3 is 0 Å². The van der Waals surface area contributed by atoms with E-state index in [0.29, 0.717) is 0 Å². The Hall–Kier alpha value is -1.40. The number of hydrogen-bond acceptors (Lipinski definition) is 3. The third-order valence-electron chi connectivity index (χ3n) is 3.34. The lowest BCUT2D eigenvalue weighted by molar-refractivity contribution is 0.774. The molecule has 0 fully saturated rings. The van der Waals surface area contributed by atoms with E-state index >= 15 is 0 Å². The van der Waals surface area contributed by atoms with Crippen LogP contribution in [0.4, 0.5) is 5.69 Å².